The first kappa shape index (κ1) is 81.9. The Balaban J connectivity index is 4.14. The average molecular weight is 1200 g/mol. The highest BCUT2D eigenvalue weighted by molar-refractivity contribution is 7.45. The van der Waals surface area contributed by atoms with Crippen LogP contribution in [0.2, 0.25) is 0 Å². The summed E-state index contributed by atoms with van der Waals surface area (Å²) < 4.78 is 23.5. The van der Waals surface area contributed by atoms with Gasteiger partial charge in [0.25, 0.3) is 7.82 Å². The van der Waals surface area contributed by atoms with E-state index in [4.69, 9.17) is 9.05 Å². The Labute approximate surface area is 526 Å². The number of nitrogens with one attached hydrogen (secondary N) is 1. The second-order valence-corrected chi connectivity index (χ2v) is 26.3. The summed E-state index contributed by atoms with van der Waals surface area (Å²) in [5, 5.41) is 14.0. The van der Waals surface area contributed by atoms with Crippen molar-refractivity contribution in [2.75, 3.05) is 40.9 Å². The van der Waals surface area contributed by atoms with Crippen molar-refractivity contribution in [3.63, 3.8) is 0 Å². The number of aliphatic hydroxyl groups excluding tert-OH is 1. The summed E-state index contributed by atoms with van der Waals surface area (Å²) in [6, 6.07) is -0.900. The summed E-state index contributed by atoms with van der Waals surface area (Å²) in [4.78, 5) is 25.6. The number of phosphoric ester groups is 1. The monoisotopic (exact) mass is 1200 g/mol. The van der Waals surface area contributed by atoms with Crippen LogP contribution in [0.25, 0.3) is 0 Å². The topological polar surface area (TPSA) is 108 Å². The van der Waals surface area contributed by atoms with Gasteiger partial charge < -0.3 is 28.8 Å². The summed E-state index contributed by atoms with van der Waals surface area (Å²) in [7, 11) is 1.25. The minimum Gasteiger partial charge on any atom is -0.756 e. The second kappa shape index (κ2) is 65.3. The predicted octanol–water partition coefficient (Wildman–Crippen LogP) is 22.2. The van der Waals surface area contributed by atoms with Crippen molar-refractivity contribution in [2.45, 2.75) is 315 Å². The second-order valence-electron chi connectivity index (χ2n) is 24.9. The van der Waals surface area contributed by atoms with Crippen molar-refractivity contribution in [3.8, 4) is 0 Å². The molecule has 0 aromatic rings. The minimum absolute atomic E-state index is 0.00718. The van der Waals surface area contributed by atoms with E-state index < -0.39 is 20.0 Å². The lowest BCUT2D eigenvalue weighted by Gasteiger charge is -2.29. The van der Waals surface area contributed by atoms with Crippen LogP contribution in [-0.4, -0.2) is 68.5 Å². The molecule has 0 aliphatic heterocycles. The molecule has 2 N–H and O–H groups in total. The van der Waals surface area contributed by atoms with Crippen molar-refractivity contribution in [2.24, 2.45) is 0 Å². The number of quaternary nitrogens is 1. The molecule has 490 valence electrons. The molecule has 1 amide bonds. The number of amides is 1. The number of carbonyl (C=O) groups excluding carboxylic acids is 1. The van der Waals surface area contributed by atoms with Crippen molar-refractivity contribution in [1.29, 1.82) is 0 Å². The van der Waals surface area contributed by atoms with Crippen molar-refractivity contribution >= 4 is 13.7 Å². The smallest absolute Gasteiger partial charge is 0.268 e. The number of aliphatic hydroxyl groups is 1. The van der Waals surface area contributed by atoms with E-state index in [1.54, 1.807) is 6.08 Å². The van der Waals surface area contributed by atoms with E-state index in [1.807, 2.05) is 27.2 Å². The summed E-state index contributed by atoms with van der Waals surface area (Å²) in [6.07, 6.45) is 97.4. The maximum absolute atomic E-state index is 13.0. The van der Waals surface area contributed by atoms with Crippen LogP contribution in [-0.2, 0) is 18.4 Å². The number of rotatable bonds is 64. The van der Waals surface area contributed by atoms with Crippen LogP contribution in [0.3, 0.4) is 0 Å². The molecule has 0 aromatic heterocycles. The molecule has 0 aromatic carbocycles. The first-order chi connectivity index (χ1) is 41.5. The van der Waals surface area contributed by atoms with Gasteiger partial charge in [0, 0.05) is 6.42 Å². The third-order valence-corrected chi connectivity index (χ3v) is 16.4. The first-order valence-electron chi connectivity index (χ1n) is 35.4. The lowest BCUT2D eigenvalue weighted by molar-refractivity contribution is -0.870. The molecule has 85 heavy (non-hydrogen) atoms. The summed E-state index contributed by atoms with van der Waals surface area (Å²) >= 11 is 0. The van der Waals surface area contributed by atoms with Gasteiger partial charge in [-0.25, -0.2) is 0 Å². The Morgan fingerprint density at radius 1 is 0.424 bits per heavy atom. The number of nitrogens with zero attached hydrogens (tertiary/aromatic N) is 1. The highest BCUT2D eigenvalue weighted by Crippen LogP contribution is 2.38. The van der Waals surface area contributed by atoms with Crippen LogP contribution >= 0.6 is 7.82 Å². The van der Waals surface area contributed by atoms with E-state index in [-0.39, 0.29) is 19.1 Å². The van der Waals surface area contributed by atoms with Crippen molar-refractivity contribution < 1.29 is 32.9 Å². The van der Waals surface area contributed by atoms with Crippen LogP contribution < -0.4 is 10.2 Å². The van der Waals surface area contributed by atoms with Crippen LogP contribution in [0.5, 0.6) is 0 Å². The van der Waals surface area contributed by atoms with Gasteiger partial charge in [0.05, 0.1) is 39.9 Å². The lowest BCUT2D eigenvalue weighted by Crippen LogP contribution is -2.45. The van der Waals surface area contributed by atoms with E-state index in [9.17, 15) is 19.4 Å². The van der Waals surface area contributed by atoms with Crippen LogP contribution in [0, 0.1) is 0 Å². The molecule has 9 heteroatoms. The molecule has 0 saturated heterocycles. The fourth-order valence-electron chi connectivity index (χ4n) is 9.97. The molecule has 0 heterocycles. The molecule has 0 rings (SSSR count). The number of unbranched alkanes of at least 4 members (excludes halogenated alkanes) is 33. The largest absolute Gasteiger partial charge is 0.756 e. The molecule has 0 radical (unpaired) electrons. The lowest BCUT2D eigenvalue weighted by atomic mass is 10.0. The fraction of sp³-hybridized carbons (Fsp3) is 0.724. The van der Waals surface area contributed by atoms with Gasteiger partial charge in [-0.1, -0.05) is 328 Å². The summed E-state index contributed by atoms with van der Waals surface area (Å²) in [6.45, 7) is 4.55. The maximum Gasteiger partial charge on any atom is 0.268 e. The number of phosphoric acid groups is 1. The quantitative estimate of drug-likeness (QED) is 0.0272. The molecule has 0 bridgehead atoms. The van der Waals surface area contributed by atoms with Gasteiger partial charge in [0.15, 0.2) is 0 Å². The van der Waals surface area contributed by atoms with Gasteiger partial charge in [-0.15, -0.1) is 0 Å². The molecule has 0 spiro atoms. The number of allylic oxidation sites excluding steroid dienone is 19. The average Bonchev–Trinajstić information content (AvgIpc) is 3.49. The van der Waals surface area contributed by atoms with Crippen LogP contribution in [0.15, 0.2) is 122 Å². The van der Waals surface area contributed by atoms with Gasteiger partial charge in [0.2, 0.25) is 5.91 Å². The van der Waals surface area contributed by atoms with Crippen molar-refractivity contribution in [1.82, 2.24) is 5.32 Å². The third kappa shape index (κ3) is 68.3. The Morgan fingerprint density at radius 2 is 0.718 bits per heavy atom. The highest BCUT2D eigenvalue weighted by atomic mass is 31.2. The molecular weight excluding hydrogens is 1070 g/mol. The zero-order valence-corrected chi connectivity index (χ0v) is 56.9. The minimum atomic E-state index is -4.61. The van der Waals surface area contributed by atoms with E-state index in [2.05, 4.69) is 129 Å². The number of carbonyl (C=O) groups is 1. The molecule has 3 unspecified atom stereocenters. The van der Waals surface area contributed by atoms with E-state index in [0.717, 1.165) is 109 Å². The standard InChI is InChI=1S/C76H135N2O6P/c1-6-8-10-12-14-16-18-20-22-24-26-28-30-32-34-35-36-37-38-39-40-41-42-43-44-46-48-50-52-54-56-58-60-62-64-66-68-70-76(80)77-74(73-84-85(81,82)83-72-71-78(3,4)5)75(79)69-67-65-63-61-59-57-55-53-51-49-47-45-33-31-29-27-25-23-21-19-17-15-13-11-9-7-2/h8,10,14,16,20,22,26,28,32,34,36-37,39-40,42-43,46,48,67,69,74-75,79H,6-7,9,11-13,15,17-19,21,23-25,27,29-31,33,35,38,41,44-45,47,49-66,68,70-73H2,1-5H3,(H-,77,80,81,82)/b10-8-,16-14-,22-20-,28-26-,34-32-,37-36-,40-39-,43-42-,48-46-,69-67+. The molecule has 3 atom stereocenters. The SMILES string of the molecule is CC/C=C\C/C=C\C/C=C\C/C=C\C/C=C\C/C=C\C/C=C\C/C=C\C/C=C\CCCCCCCCCCCC(=O)NC(COP(=O)([O-])OCC[N+](C)(C)C)C(O)/C=C/CCCCCCCCCCCCCCCCCCCCCCCCCC. The highest BCUT2D eigenvalue weighted by Gasteiger charge is 2.23. The van der Waals surface area contributed by atoms with Gasteiger partial charge >= 0.3 is 0 Å². The Kier molecular flexibility index (Phi) is 63.0. The number of likely N-dealkylation sites (N-methyl/N-ethyl adjacent to an activating group) is 1. The normalized spacial score (nSPS) is 14.4. The van der Waals surface area contributed by atoms with Crippen molar-refractivity contribution in [3.05, 3.63) is 122 Å². The predicted molar refractivity (Wildman–Crippen MR) is 371 cm³/mol. The maximum atomic E-state index is 13.0. The zero-order valence-electron chi connectivity index (χ0n) is 56.0. The van der Waals surface area contributed by atoms with Gasteiger partial charge in [-0.2, -0.15) is 0 Å². The number of hydrogen-bond donors (Lipinski definition) is 2. The fourth-order valence-corrected chi connectivity index (χ4v) is 10.7. The molecule has 0 aliphatic rings. The van der Waals surface area contributed by atoms with Gasteiger partial charge in [-0.05, 0) is 89.9 Å². The van der Waals surface area contributed by atoms with Crippen LogP contribution in [0.4, 0.5) is 0 Å². The zero-order chi connectivity index (χ0) is 61.9. The Bertz CT molecular complexity index is 1800. The number of hydrogen-bond acceptors (Lipinski definition) is 6. The van der Waals surface area contributed by atoms with Gasteiger partial charge in [0.1, 0.15) is 13.2 Å². The van der Waals surface area contributed by atoms with Gasteiger partial charge in [-0.3, -0.25) is 9.36 Å². The van der Waals surface area contributed by atoms with E-state index >= 15 is 0 Å². The van der Waals surface area contributed by atoms with E-state index in [1.165, 1.54) is 173 Å². The third-order valence-electron chi connectivity index (χ3n) is 15.4. The first-order valence-corrected chi connectivity index (χ1v) is 36.9. The Morgan fingerprint density at radius 3 is 1.05 bits per heavy atom. The molecular formula is C76H135N2O6P. The summed E-state index contributed by atoms with van der Waals surface area (Å²) in [5.74, 6) is -0.205. The molecule has 0 saturated carbocycles. The summed E-state index contributed by atoms with van der Waals surface area (Å²) in [5.41, 5.74) is 0. The molecule has 0 fully saturated rings. The Hall–Kier alpha value is -3.10. The molecule has 8 nitrogen and oxygen atoms in total. The van der Waals surface area contributed by atoms with Crippen LogP contribution in [0.1, 0.15) is 303 Å². The molecule has 0 aliphatic carbocycles. The van der Waals surface area contributed by atoms with E-state index in [0.29, 0.717) is 17.4 Å².